The Hall–Kier alpha value is -2.10. The number of aromatic nitrogens is 1. The molecule has 0 aliphatic carbocycles. The van der Waals surface area contributed by atoms with E-state index in [2.05, 4.69) is 9.72 Å². The Labute approximate surface area is 106 Å². The summed E-state index contributed by atoms with van der Waals surface area (Å²) in [7, 11) is 1.38. The zero-order valence-electron chi connectivity index (χ0n) is 10.5. The minimum atomic E-state index is -0.241. The maximum absolute atomic E-state index is 11.0. The molecule has 0 amide bonds. The summed E-state index contributed by atoms with van der Waals surface area (Å²) in [4.78, 5) is 15.4. The highest BCUT2D eigenvalue weighted by atomic mass is 16.5. The standard InChI is InChI=1S/C14H15NO3/c1-10-4-3-5-11(8-10)14-15-12(9-18-14)6-7-13(16)17-2/h3-5,8-9H,6-7H2,1-2H3. The number of ether oxygens (including phenoxy) is 1. The lowest BCUT2D eigenvalue weighted by Gasteiger charge is -1.97. The van der Waals surface area contributed by atoms with Gasteiger partial charge in [0.05, 0.1) is 19.2 Å². The van der Waals surface area contributed by atoms with Crippen LogP contribution in [-0.2, 0) is 16.0 Å². The molecule has 0 unspecified atom stereocenters. The van der Waals surface area contributed by atoms with Crippen LogP contribution in [0.4, 0.5) is 0 Å². The number of oxazole rings is 1. The number of aryl methyl sites for hydroxylation is 2. The van der Waals surface area contributed by atoms with Gasteiger partial charge in [-0.1, -0.05) is 17.7 Å². The number of carbonyl (C=O) groups excluding carboxylic acids is 1. The quantitative estimate of drug-likeness (QED) is 0.777. The molecular weight excluding hydrogens is 230 g/mol. The van der Waals surface area contributed by atoms with Gasteiger partial charge in [-0.15, -0.1) is 0 Å². The van der Waals surface area contributed by atoms with E-state index in [4.69, 9.17) is 4.42 Å². The first-order chi connectivity index (χ1) is 8.69. The molecule has 0 fully saturated rings. The van der Waals surface area contributed by atoms with Gasteiger partial charge in [-0.3, -0.25) is 4.79 Å². The summed E-state index contributed by atoms with van der Waals surface area (Å²) in [6, 6.07) is 7.94. The fraction of sp³-hybridized carbons (Fsp3) is 0.286. The van der Waals surface area contributed by atoms with E-state index in [1.807, 2.05) is 31.2 Å². The number of esters is 1. The Morgan fingerprint density at radius 2 is 2.28 bits per heavy atom. The van der Waals surface area contributed by atoms with Crippen LogP contribution in [0.2, 0.25) is 0 Å². The predicted octanol–water partition coefficient (Wildman–Crippen LogP) is 2.76. The van der Waals surface area contributed by atoms with E-state index in [0.29, 0.717) is 18.7 Å². The molecule has 4 nitrogen and oxygen atoms in total. The van der Waals surface area contributed by atoms with E-state index >= 15 is 0 Å². The Kier molecular flexibility index (Phi) is 3.77. The van der Waals surface area contributed by atoms with Crippen molar-refractivity contribution in [3.8, 4) is 11.5 Å². The van der Waals surface area contributed by atoms with Crippen LogP contribution < -0.4 is 0 Å². The van der Waals surface area contributed by atoms with Gasteiger partial charge in [0, 0.05) is 12.0 Å². The van der Waals surface area contributed by atoms with Gasteiger partial charge in [0.1, 0.15) is 6.26 Å². The zero-order valence-corrected chi connectivity index (χ0v) is 10.5. The molecule has 0 spiro atoms. The Morgan fingerprint density at radius 3 is 3.00 bits per heavy atom. The highest BCUT2D eigenvalue weighted by molar-refractivity contribution is 5.69. The normalized spacial score (nSPS) is 10.3. The third kappa shape index (κ3) is 2.97. The maximum Gasteiger partial charge on any atom is 0.305 e. The first-order valence-corrected chi connectivity index (χ1v) is 5.77. The van der Waals surface area contributed by atoms with Gasteiger partial charge < -0.3 is 9.15 Å². The Bertz CT molecular complexity index is 545. The van der Waals surface area contributed by atoms with Crippen LogP contribution in [0.1, 0.15) is 17.7 Å². The van der Waals surface area contributed by atoms with Crippen molar-refractivity contribution in [2.45, 2.75) is 19.8 Å². The van der Waals surface area contributed by atoms with E-state index in [1.54, 1.807) is 6.26 Å². The number of hydrogen-bond donors (Lipinski definition) is 0. The molecule has 2 aromatic rings. The smallest absolute Gasteiger partial charge is 0.305 e. The van der Waals surface area contributed by atoms with Crippen molar-refractivity contribution in [1.29, 1.82) is 0 Å². The first kappa shape index (κ1) is 12.4. The molecule has 0 saturated heterocycles. The van der Waals surface area contributed by atoms with Crippen LogP contribution in [0.5, 0.6) is 0 Å². The summed E-state index contributed by atoms with van der Waals surface area (Å²) >= 11 is 0. The Morgan fingerprint density at radius 1 is 1.44 bits per heavy atom. The molecule has 1 aromatic heterocycles. The molecule has 1 heterocycles. The lowest BCUT2D eigenvalue weighted by molar-refractivity contribution is -0.140. The molecular formula is C14H15NO3. The fourth-order valence-corrected chi connectivity index (χ4v) is 1.66. The molecule has 0 aliphatic rings. The van der Waals surface area contributed by atoms with Crippen molar-refractivity contribution in [2.24, 2.45) is 0 Å². The summed E-state index contributed by atoms with van der Waals surface area (Å²) in [5, 5.41) is 0. The van der Waals surface area contributed by atoms with Crippen LogP contribution in [0.15, 0.2) is 34.9 Å². The molecule has 0 atom stereocenters. The molecule has 0 N–H and O–H groups in total. The minimum absolute atomic E-state index is 0.241. The molecule has 0 radical (unpaired) electrons. The van der Waals surface area contributed by atoms with E-state index < -0.39 is 0 Å². The van der Waals surface area contributed by atoms with Crippen molar-refractivity contribution in [3.05, 3.63) is 41.8 Å². The van der Waals surface area contributed by atoms with Crippen molar-refractivity contribution >= 4 is 5.97 Å². The van der Waals surface area contributed by atoms with Gasteiger partial charge in [-0.2, -0.15) is 0 Å². The summed E-state index contributed by atoms with van der Waals surface area (Å²) in [5.41, 5.74) is 2.86. The summed E-state index contributed by atoms with van der Waals surface area (Å²) in [6.07, 6.45) is 2.43. The zero-order chi connectivity index (χ0) is 13.0. The van der Waals surface area contributed by atoms with Crippen molar-refractivity contribution in [3.63, 3.8) is 0 Å². The molecule has 4 heteroatoms. The highest BCUT2D eigenvalue weighted by Gasteiger charge is 2.08. The number of methoxy groups -OCH3 is 1. The van der Waals surface area contributed by atoms with Gasteiger partial charge in [-0.25, -0.2) is 4.98 Å². The predicted molar refractivity (Wildman–Crippen MR) is 67.0 cm³/mol. The first-order valence-electron chi connectivity index (χ1n) is 5.77. The average molecular weight is 245 g/mol. The lowest BCUT2D eigenvalue weighted by Crippen LogP contribution is -2.01. The van der Waals surface area contributed by atoms with Crippen molar-refractivity contribution < 1.29 is 13.9 Å². The SMILES string of the molecule is COC(=O)CCc1coc(-c2cccc(C)c2)n1. The number of nitrogens with zero attached hydrogens (tertiary/aromatic N) is 1. The van der Waals surface area contributed by atoms with Crippen LogP contribution in [0.25, 0.3) is 11.5 Å². The van der Waals surface area contributed by atoms with Crippen LogP contribution in [-0.4, -0.2) is 18.1 Å². The molecule has 0 aliphatic heterocycles. The second-order valence-electron chi connectivity index (χ2n) is 4.09. The molecule has 94 valence electrons. The van der Waals surface area contributed by atoms with Gasteiger partial charge in [0.15, 0.2) is 0 Å². The topological polar surface area (TPSA) is 52.3 Å². The second kappa shape index (κ2) is 5.49. The number of hydrogen-bond acceptors (Lipinski definition) is 4. The maximum atomic E-state index is 11.0. The van der Waals surface area contributed by atoms with Gasteiger partial charge in [-0.05, 0) is 19.1 Å². The molecule has 0 bridgehead atoms. The molecule has 18 heavy (non-hydrogen) atoms. The Balaban J connectivity index is 2.08. The van der Waals surface area contributed by atoms with Gasteiger partial charge >= 0.3 is 5.97 Å². The molecule has 2 rings (SSSR count). The average Bonchev–Trinajstić information content (AvgIpc) is 2.84. The second-order valence-corrected chi connectivity index (χ2v) is 4.09. The van der Waals surface area contributed by atoms with E-state index in [0.717, 1.165) is 16.8 Å². The summed E-state index contributed by atoms with van der Waals surface area (Å²) < 4.78 is 9.99. The minimum Gasteiger partial charge on any atom is -0.469 e. The van der Waals surface area contributed by atoms with Crippen LogP contribution in [0, 0.1) is 6.92 Å². The molecule has 0 saturated carbocycles. The van der Waals surface area contributed by atoms with E-state index in [9.17, 15) is 4.79 Å². The van der Waals surface area contributed by atoms with Crippen LogP contribution in [0.3, 0.4) is 0 Å². The number of rotatable bonds is 4. The number of benzene rings is 1. The highest BCUT2D eigenvalue weighted by Crippen LogP contribution is 2.20. The fourth-order valence-electron chi connectivity index (χ4n) is 1.66. The molecule has 1 aromatic carbocycles. The largest absolute Gasteiger partial charge is 0.469 e. The third-order valence-corrected chi connectivity index (χ3v) is 2.63. The van der Waals surface area contributed by atoms with Crippen molar-refractivity contribution in [2.75, 3.05) is 7.11 Å². The van der Waals surface area contributed by atoms with E-state index in [-0.39, 0.29) is 5.97 Å². The van der Waals surface area contributed by atoms with Gasteiger partial charge in [0.25, 0.3) is 0 Å². The lowest BCUT2D eigenvalue weighted by atomic mass is 10.1. The van der Waals surface area contributed by atoms with E-state index in [1.165, 1.54) is 7.11 Å². The van der Waals surface area contributed by atoms with Gasteiger partial charge in [0.2, 0.25) is 5.89 Å². The van der Waals surface area contributed by atoms with Crippen LogP contribution >= 0.6 is 0 Å². The number of carbonyl (C=O) groups is 1. The third-order valence-electron chi connectivity index (χ3n) is 2.63. The van der Waals surface area contributed by atoms with Crippen molar-refractivity contribution in [1.82, 2.24) is 4.98 Å². The summed E-state index contributed by atoms with van der Waals surface area (Å²) in [5.74, 6) is 0.341. The monoisotopic (exact) mass is 245 g/mol. The summed E-state index contributed by atoms with van der Waals surface area (Å²) in [6.45, 7) is 2.02.